The van der Waals surface area contributed by atoms with E-state index in [0.717, 1.165) is 50.9 Å². The third-order valence-corrected chi connectivity index (χ3v) is 4.81. The van der Waals surface area contributed by atoms with Gasteiger partial charge in [-0.3, -0.25) is 9.69 Å². The average Bonchev–Trinajstić information content (AvgIpc) is 2.71. The SMILES string of the molecule is CCNC(=NCc1cccc(OCC(N)=O)c1)NCC(C(C)C)N1CCOCC1.I. The Balaban J connectivity index is 0.00000450. The minimum absolute atomic E-state index is 0. The molecule has 1 aromatic carbocycles. The summed E-state index contributed by atoms with van der Waals surface area (Å²) in [4.78, 5) is 18.1. The number of nitrogens with zero attached hydrogens (tertiary/aromatic N) is 2. The number of hydrogen-bond donors (Lipinski definition) is 3. The predicted octanol–water partition coefficient (Wildman–Crippen LogP) is 1.58. The molecule has 1 saturated heterocycles. The number of benzene rings is 1. The van der Waals surface area contributed by atoms with Crippen LogP contribution in [-0.4, -0.2) is 68.8 Å². The van der Waals surface area contributed by atoms with Crippen LogP contribution < -0.4 is 21.1 Å². The van der Waals surface area contributed by atoms with Gasteiger partial charge in [0.2, 0.25) is 0 Å². The lowest BCUT2D eigenvalue weighted by molar-refractivity contribution is -0.119. The van der Waals surface area contributed by atoms with Crippen molar-refractivity contribution in [2.75, 3.05) is 46.0 Å². The molecule has 4 N–H and O–H groups in total. The Bertz CT molecular complexity index is 666. The number of guanidine groups is 1. The molecule has 170 valence electrons. The Hall–Kier alpha value is -1.59. The minimum atomic E-state index is -0.493. The molecular weight excluding hydrogens is 497 g/mol. The van der Waals surface area contributed by atoms with E-state index in [1.165, 1.54) is 0 Å². The molecule has 1 aliphatic heterocycles. The lowest BCUT2D eigenvalue weighted by Gasteiger charge is -2.37. The maximum atomic E-state index is 10.9. The topological polar surface area (TPSA) is 101 Å². The number of morpholine rings is 1. The maximum absolute atomic E-state index is 10.9. The van der Waals surface area contributed by atoms with E-state index >= 15 is 0 Å². The number of halogens is 1. The third kappa shape index (κ3) is 9.48. The molecular formula is C21H36IN5O3. The number of rotatable bonds is 10. The zero-order valence-corrected chi connectivity index (χ0v) is 20.6. The van der Waals surface area contributed by atoms with E-state index in [2.05, 4.69) is 36.3 Å². The van der Waals surface area contributed by atoms with Gasteiger partial charge in [0.25, 0.3) is 5.91 Å². The fourth-order valence-corrected chi connectivity index (χ4v) is 3.30. The van der Waals surface area contributed by atoms with Gasteiger partial charge in [-0.15, -0.1) is 24.0 Å². The molecule has 30 heavy (non-hydrogen) atoms. The number of primary amides is 1. The second kappa shape index (κ2) is 14.4. The third-order valence-electron chi connectivity index (χ3n) is 4.81. The molecule has 1 unspecified atom stereocenters. The van der Waals surface area contributed by atoms with Crippen LogP contribution in [0.5, 0.6) is 5.75 Å². The number of ether oxygens (including phenoxy) is 2. The maximum Gasteiger partial charge on any atom is 0.255 e. The van der Waals surface area contributed by atoms with E-state index in [0.29, 0.717) is 24.3 Å². The summed E-state index contributed by atoms with van der Waals surface area (Å²) in [6.07, 6.45) is 0. The number of nitrogens with two attached hydrogens (primary N) is 1. The number of aliphatic imine (C=N–C) groups is 1. The fourth-order valence-electron chi connectivity index (χ4n) is 3.30. The molecule has 1 atom stereocenters. The number of hydrogen-bond acceptors (Lipinski definition) is 5. The van der Waals surface area contributed by atoms with E-state index in [9.17, 15) is 4.79 Å². The van der Waals surface area contributed by atoms with Crippen LogP contribution in [-0.2, 0) is 16.1 Å². The van der Waals surface area contributed by atoms with Crippen LogP contribution in [0.4, 0.5) is 0 Å². The van der Waals surface area contributed by atoms with Crippen molar-refractivity contribution in [2.45, 2.75) is 33.4 Å². The molecule has 9 heteroatoms. The summed E-state index contributed by atoms with van der Waals surface area (Å²) in [6, 6.07) is 7.97. The van der Waals surface area contributed by atoms with Crippen molar-refractivity contribution in [2.24, 2.45) is 16.6 Å². The Kier molecular flexibility index (Phi) is 12.7. The van der Waals surface area contributed by atoms with Crippen LogP contribution in [0.1, 0.15) is 26.3 Å². The summed E-state index contributed by atoms with van der Waals surface area (Å²) in [5.41, 5.74) is 6.13. The Labute approximate surface area is 197 Å². The minimum Gasteiger partial charge on any atom is -0.484 e. The van der Waals surface area contributed by atoms with Crippen LogP contribution in [0.3, 0.4) is 0 Å². The van der Waals surface area contributed by atoms with Gasteiger partial charge in [-0.05, 0) is 30.5 Å². The number of carbonyl (C=O) groups is 1. The van der Waals surface area contributed by atoms with Crippen LogP contribution in [0, 0.1) is 5.92 Å². The van der Waals surface area contributed by atoms with Gasteiger partial charge < -0.3 is 25.8 Å². The number of carbonyl (C=O) groups excluding carboxylic acids is 1. The van der Waals surface area contributed by atoms with Crippen LogP contribution >= 0.6 is 24.0 Å². The van der Waals surface area contributed by atoms with Gasteiger partial charge in [-0.1, -0.05) is 26.0 Å². The van der Waals surface area contributed by atoms with Crippen molar-refractivity contribution < 1.29 is 14.3 Å². The molecule has 8 nitrogen and oxygen atoms in total. The van der Waals surface area contributed by atoms with Crippen molar-refractivity contribution in [1.82, 2.24) is 15.5 Å². The molecule has 0 aromatic heterocycles. The normalized spacial score (nSPS) is 15.9. The molecule has 0 bridgehead atoms. The highest BCUT2D eigenvalue weighted by Crippen LogP contribution is 2.14. The standard InChI is InChI=1S/C21H35N5O3.HI/c1-4-23-21(25-14-19(16(2)3)26-8-10-28-11-9-26)24-13-17-6-5-7-18(12-17)29-15-20(22)27;/h5-7,12,16,19H,4,8-11,13-15H2,1-3H3,(H2,22,27)(H2,23,24,25);1H. The van der Waals surface area contributed by atoms with Gasteiger partial charge in [0.1, 0.15) is 5.75 Å². The van der Waals surface area contributed by atoms with Crippen LogP contribution in [0.2, 0.25) is 0 Å². The van der Waals surface area contributed by atoms with Crippen molar-refractivity contribution in [3.05, 3.63) is 29.8 Å². The summed E-state index contributed by atoms with van der Waals surface area (Å²) in [5, 5.41) is 6.80. The smallest absolute Gasteiger partial charge is 0.255 e. The first-order valence-electron chi connectivity index (χ1n) is 10.3. The summed E-state index contributed by atoms with van der Waals surface area (Å²) in [7, 11) is 0. The highest BCUT2D eigenvalue weighted by atomic mass is 127. The van der Waals surface area contributed by atoms with E-state index in [1.54, 1.807) is 6.07 Å². The molecule has 1 aliphatic rings. The molecule has 1 aromatic rings. The molecule has 0 saturated carbocycles. The van der Waals surface area contributed by atoms with Crippen LogP contribution in [0.15, 0.2) is 29.3 Å². The van der Waals surface area contributed by atoms with E-state index in [4.69, 9.17) is 20.2 Å². The second-order valence-corrected chi connectivity index (χ2v) is 7.44. The lowest BCUT2D eigenvalue weighted by Crippen LogP contribution is -2.52. The highest BCUT2D eigenvalue weighted by Gasteiger charge is 2.23. The van der Waals surface area contributed by atoms with Gasteiger partial charge in [0.15, 0.2) is 12.6 Å². The van der Waals surface area contributed by atoms with Gasteiger partial charge >= 0.3 is 0 Å². The first-order valence-corrected chi connectivity index (χ1v) is 10.3. The molecule has 0 aliphatic carbocycles. The summed E-state index contributed by atoms with van der Waals surface area (Å²) >= 11 is 0. The van der Waals surface area contributed by atoms with Gasteiger partial charge in [0.05, 0.1) is 19.8 Å². The zero-order chi connectivity index (χ0) is 21.1. The van der Waals surface area contributed by atoms with Crippen molar-refractivity contribution >= 4 is 35.8 Å². The quantitative estimate of drug-likeness (QED) is 0.240. The summed E-state index contributed by atoms with van der Waals surface area (Å²) in [5.74, 6) is 1.44. The molecule has 0 spiro atoms. The molecule has 1 amide bonds. The first-order chi connectivity index (χ1) is 14.0. The fraction of sp³-hybridized carbons (Fsp3) is 0.619. The predicted molar refractivity (Wildman–Crippen MR) is 130 cm³/mol. The molecule has 1 heterocycles. The Morgan fingerprint density at radius 3 is 2.67 bits per heavy atom. The number of amides is 1. The van der Waals surface area contributed by atoms with Gasteiger partial charge in [0, 0.05) is 32.2 Å². The summed E-state index contributed by atoms with van der Waals surface area (Å²) in [6.45, 7) is 12.1. The Morgan fingerprint density at radius 1 is 1.30 bits per heavy atom. The zero-order valence-electron chi connectivity index (χ0n) is 18.2. The van der Waals surface area contributed by atoms with Crippen LogP contribution in [0.25, 0.3) is 0 Å². The monoisotopic (exact) mass is 533 g/mol. The van der Waals surface area contributed by atoms with Gasteiger partial charge in [-0.25, -0.2) is 4.99 Å². The molecule has 0 radical (unpaired) electrons. The Morgan fingerprint density at radius 2 is 2.03 bits per heavy atom. The van der Waals surface area contributed by atoms with E-state index < -0.39 is 5.91 Å². The van der Waals surface area contributed by atoms with E-state index in [-0.39, 0.29) is 30.6 Å². The van der Waals surface area contributed by atoms with Crippen molar-refractivity contribution in [3.8, 4) is 5.75 Å². The van der Waals surface area contributed by atoms with Crippen molar-refractivity contribution in [1.29, 1.82) is 0 Å². The van der Waals surface area contributed by atoms with Gasteiger partial charge in [-0.2, -0.15) is 0 Å². The second-order valence-electron chi connectivity index (χ2n) is 7.44. The number of nitrogens with one attached hydrogen (secondary N) is 2. The van der Waals surface area contributed by atoms with Crippen molar-refractivity contribution in [3.63, 3.8) is 0 Å². The van der Waals surface area contributed by atoms with E-state index in [1.807, 2.05) is 18.2 Å². The molecule has 2 rings (SSSR count). The largest absolute Gasteiger partial charge is 0.484 e. The first kappa shape index (κ1) is 26.4. The average molecular weight is 533 g/mol. The lowest BCUT2D eigenvalue weighted by atomic mass is 10.0. The molecule has 1 fully saturated rings. The highest BCUT2D eigenvalue weighted by molar-refractivity contribution is 14.0. The summed E-state index contributed by atoms with van der Waals surface area (Å²) < 4.78 is 10.9.